The lowest BCUT2D eigenvalue weighted by Crippen LogP contribution is -2.03. The van der Waals surface area contributed by atoms with E-state index >= 15 is 0 Å². The molecule has 0 aliphatic carbocycles. The van der Waals surface area contributed by atoms with E-state index in [4.69, 9.17) is 0 Å². The van der Waals surface area contributed by atoms with Crippen LogP contribution in [0.25, 0.3) is 16.8 Å². The van der Waals surface area contributed by atoms with Crippen LogP contribution in [0.2, 0.25) is 0 Å². The molecule has 0 fully saturated rings. The quantitative estimate of drug-likeness (QED) is 0.461. The summed E-state index contributed by atoms with van der Waals surface area (Å²) in [5, 5.41) is 0. The van der Waals surface area contributed by atoms with Crippen LogP contribution in [0, 0.1) is 0 Å². The number of nitrogens with zero attached hydrogens (tertiary/aromatic N) is 4. The Morgan fingerprint density at radius 3 is 2.26 bits per heavy atom. The molecule has 2 heterocycles. The van der Waals surface area contributed by atoms with Gasteiger partial charge in [0.15, 0.2) is 0 Å². The molecule has 0 atom stereocenters. The average molecular weight is 401 g/mol. The number of rotatable bonds is 5. The van der Waals surface area contributed by atoms with Crippen molar-refractivity contribution >= 4 is 24.8 Å². The maximum absolute atomic E-state index is 4.54. The first-order chi connectivity index (χ1) is 12.3. The Labute approximate surface area is 171 Å². The second-order valence-electron chi connectivity index (χ2n) is 6.01. The molecule has 0 aliphatic heterocycles. The molecular weight excluding hydrogens is 379 g/mol. The molecule has 0 amide bonds. The van der Waals surface area contributed by atoms with E-state index in [2.05, 4.69) is 80.8 Å². The molecule has 0 radical (unpaired) electrons. The van der Waals surface area contributed by atoms with Crippen LogP contribution in [0.1, 0.15) is 18.4 Å². The van der Waals surface area contributed by atoms with E-state index < -0.39 is 0 Å². The summed E-state index contributed by atoms with van der Waals surface area (Å²) < 4.78 is 4.21. The molecule has 2 aromatic carbocycles. The fourth-order valence-electron chi connectivity index (χ4n) is 3.02. The summed E-state index contributed by atoms with van der Waals surface area (Å²) in [7, 11) is 0. The van der Waals surface area contributed by atoms with E-state index in [1.165, 1.54) is 11.1 Å². The number of aryl methyl sites for hydroxylation is 1. The van der Waals surface area contributed by atoms with Crippen LogP contribution in [0.5, 0.6) is 0 Å². The van der Waals surface area contributed by atoms with Crippen LogP contribution in [0.4, 0.5) is 0 Å². The van der Waals surface area contributed by atoms with Gasteiger partial charge in [-0.3, -0.25) is 0 Å². The van der Waals surface area contributed by atoms with Gasteiger partial charge >= 0.3 is 0 Å². The van der Waals surface area contributed by atoms with Crippen LogP contribution in [0.3, 0.4) is 0 Å². The number of halogens is 2. The van der Waals surface area contributed by atoms with E-state index in [0.29, 0.717) is 0 Å². The molecule has 0 saturated carbocycles. The number of hydrogen-bond acceptors (Lipinski definition) is 2. The second kappa shape index (κ2) is 9.40. The molecule has 0 spiro atoms. The largest absolute Gasteiger partial charge is 0.329 e. The summed E-state index contributed by atoms with van der Waals surface area (Å²) in [6.07, 6.45) is 8.73. The zero-order chi connectivity index (χ0) is 17.1. The normalized spacial score (nSPS) is 10.1. The highest BCUT2D eigenvalue weighted by molar-refractivity contribution is 5.85. The fourth-order valence-corrected chi connectivity index (χ4v) is 3.02. The van der Waals surface area contributed by atoms with Crippen LogP contribution in [0.15, 0.2) is 79.5 Å². The smallest absolute Gasteiger partial charge is 0.108 e. The molecular formula is C21H22Cl2N4. The van der Waals surface area contributed by atoms with E-state index in [0.717, 1.165) is 30.2 Å². The van der Waals surface area contributed by atoms with Gasteiger partial charge in [0.2, 0.25) is 0 Å². The highest BCUT2D eigenvalue weighted by atomic mass is 35.5. The van der Waals surface area contributed by atoms with Crippen molar-refractivity contribution in [3.05, 3.63) is 91.0 Å². The highest BCUT2D eigenvalue weighted by Crippen LogP contribution is 2.21. The van der Waals surface area contributed by atoms with Crippen molar-refractivity contribution < 1.29 is 0 Å². The molecule has 2 aromatic heterocycles. The predicted octanol–water partition coefficient (Wildman–Crippen LogP) is 5.19. The maximum atomic E-state index is 4.54. The van der Waals surface area contributed by atoms with Gasteiger partial charge in [-0.2, -0.15) is 0 Å². The lowest BCUT2D eigenvalue weighted by Gasteiger charge is -2.05. The third kappa shape index (κ3) is 4.59. The molecule has 4 aromatic rings. The van der Waals surface area contributed by atoms with Gasteiger partial charge in [-0.05, 0) is 23.3 Å². The molecule has 0 bridgehead atoms. The minimum atomic E-state index is 0. The lowest BCUT2D eigenvalue weighted by molar-refractivity contribution is 0.719. The Morgan fingerprint density at radius 1 is 0.852 bits per heavy atom. The highest BCUT2D eigenvalue weighted by Gasteiger charge is 2.05. The van der Waals surface area contributed by atoms with Gasteiger partial charge in [-0.15, -0.1) is 24.8 Å². The van der Waals surface area contributed by atoms with E-state index in [9.17, 15) is 0 Å². The Balaban J connectivity index is 0.00000131. The SMILES string of the molecule is CCc1nccn1Cc1cn(-c2ccc(-c3ccccc3)cc2)cn1.Cl.Cl. The number of imidazole rings is 2. The number of benzene rings is 2. The molecule has 4 rings (SSSR count). The Bertz CT molecular complexity index is 959. The van der Waals surface area contributed by atoms with Crippen LogP contribution in [-0.2, 0) is 13.0 Å². The van der Waals surface area contributed by atoms with Gasteiger partial charge in [-0.25, -0.2) is 9.97 Å². The lowest BCUT2D eigenvalue weighted by atomic mass is 10.1. The van der Waals surface area contributed by atoms with E-state index in [-0.39, 0.29) is 24.8 Å². The van der Waals surface area contributed by atoms with Crippen LogP contribution in [-0.4, -0.2) is 19.1 Å². The minimum Gasteiger partial charge on any atom is -0.329 e. The summed E-state index contributed by atoms with van der Waals surface area (Å²) in [6.45, 7) is 2.87. The molecule has 140 valence electrons. The van der Waals surface area contributed by atoms with Crippen molar-refractivity contribution in [2.45, 2.75) is 19.9 Å². The summed E-state index contributed by atoms with van der Waals surface area (Å²) in [6, 6.07) is 19.0. The van der Waals surface area contributed by atoms with Gasteiger partial charge in [0, 0.05) is 30.7 Å². The summed E-state index contributed by atoms with van der Waals surface area (Å²) >= 11 is 0. The van der Waals surface area contributed by atoms with E-state index in [1.54, 1.807) is 0 Å². The average Bonchev–Trinajstić information content (AvgIpc) is 3.32. The maximum Gasteiger partial charge on any atom is 0.108 e. The van der Waals surface area contributed by atoms with Crippen LogP contribution >= 0.6 is 24.8 Å². The van der Waals surface area contributed by atoms with Crippen molar-refractivity contribution in [2.24, 2.45) is 0 Å². The number of hydrogen-bond donors (Lipinski definition) is 0. The third-order valence-electron chi connectivity index (χ3n) is 4.36. The second-order valence-corrected chi connectivity index (χ2v) is 6.01. The van der Waals surface area contributed by atoms with Crippen molar-refractivity contribution in [3.63, 3.8) is 0 Å². The summed E-state index contributed by atoms with van der Waals surface area (Å²) in [4.78, 5) is 8.90. The topological polar surface area (TPSA) is 35.6 Å². The molecule has 0 aliphatic rings. The monoisotopic (exact) mass is 400 g/mol. The Kier molecular flexibility index (Phi) is 7.22. The summed E-state index contributed by atoms with van der Waals surface area (Å²) in [5.74, 6) is 1.08. The minimum absolute atomic E-state index is 0. The third-order valence-corrected chi connectivity index (χ3v) is 4.36. The first-order valence-corrected chi connectivity index (χ1v) is 8.52. The zero-order valence-electron chi connectivity index (χ0n) is 15.0. The predicted molar refractivity (Wildman–Crippen MR) is 114 cm³/mol. The molecule has 27 heavy (non-hydrogen) atoms. The van der Waals surface area contributed by atoms with Gasteiger partial charge in [-0.1, -0.05) is 49.4 Å². The van der Waals surface area contributed by atoms with Crippen molar-refractivity contribution in [2.75, 3.05) is 0 Å². The standard InChI is InChI=1S/C21H20N4.2ClH/c1-2-21-22-12-13-24(21)14-19-15-25(16-23-19)20-10-8-18(9-11-20)17-6-4-3-5-7-17;;/h3-13,15-16H,2,14H2,1H3;2*1H. The van der Waals surface area contributed by atoms with Crippen LogP contribution < -0.4 is 0 Å². The van der Waals surface area contributed by atoms with Gasteiger partial charge < -0.3 is 9.13 Å². The molecule has 4 nitrogen and oxygen atoms in total. The first-order valence-electron chi connectivity index (χ1n) is 8.52. The van der Waals surface area contributed by atoms with Gasteiger partial charge in [0.1, 0.15) is 5.82 Å². The Morgan fingerprint density at radius 2 is 1.56 bits per heavy atom. The van der Waals surface area contributed by atoms with Crippen molar-refractivity contribution in [3.8, 4) is 16.8 Å². The molecule has 0 N–H and O–H groups in total. The van der Waals surface area contributed by atoms with E-state index in [1.807, 2.05) is 24.8 Å². The summed E-state index contributed by atoms with van der Waals surface area (Å²) in [5.41, 5.74) is 4.59. The van der Waals surface area contributed by atoms with Crippen molar-refractivity contribution in [1.29, 1.82) is 0 Å². The molecule has 6 heteroatoms. The first kappa shape index (κ1) is 20.7. The number of aromatic nitrogens is 4. The molecule has 0 unspecified atom stereocenters. The van der Waals surface area contributed by atoms with Gasteiger partial charge in [0.05, 0.1) is 18.6 Å². The molecule has 0 saturated heterocycles. The fraction of sp³-hybridized carbons (Fsp3) is 0.143. The van der Waals surface area contributed by atoms with Gasteiger partial charge in [0.25, 0.3) is 0 Å². The zero-order valence-corrected chi connectivity index (χ0v) is 16.7. The van der Waals surface area contributed by atoms with Crippen molar-refractivity contribution in [1.82, 2.24) is 19.1 Å². The Hall–Kier alpha value is -2.56.